The van der Waals surface area contributed by atoms with Crippen molar-refractivity contribution in [2.24, 2.45) is 11.1 Å². The van der Waals surface area contributed by atoms with Crippen molar-refractivity contribution in [3.05, 3.63) is 29.8 Å². The summed E-state index contributed by atoms with van der Waals surface area (Å²) in [4.78, 5) is -0.248. The Morgan fingerprint density at radius 1 is 1.24 bits per heavy atom. The fourth-order valence-electron chi connectivity index (χ4n) is 1.86. The van der Waals surface area contributed by atoms with E-state index in [0.29, 0.717) is 25.6 Å². The van der Waals surface area contributed by atoms with Gasteiger partial charge in [-0.25, -0.2) is 17.2 Å². The fraction of sp³-hybridized carbons (Fsp3) is 0.571. The quantitative estimate of drug-likeness (QED) is 0.839. The first-order chi connectivity index (χ1) is 9.64. The molecule has 0 atom stereocenters. The molecule has 0 heterocycles. The summed E-state index contributed by atoms with van der Waals surface area (Å²) in [6, 6.07) is 2.61. The Bertz CT molecular complexity index is 589. The Balaban J connectivity index is 3.18. The number of nitrogens with zero attached hydrogens (tertiary/aromatic N) is 1. The molecule has 4 nitrogen and oxygen atoms in total. The van der Waals surface area contributed by atoms with Crippen LogP contribution < -0.4 is 5.73 Å². The van der Waals surface area contributed by atoms with Crippen molar-refractivity contribution in [3.8, 4) is 0 Å². The van der Waals surface area contributed by atoms with Crippen LogP contribution in [0, 0.1) is 17.0 Å². The van der Waals surface area contributed by atoms with Crippen LogP contribution in [0.4, 0.5) is 8.78 Å². The maximum atomic E-state index is 13.3. The first-order valence-electron chi connectivity index (χ1n) is 6.79. The van der Waals surface area contributed by atoms with Crippen molar-refractivity contribution in [3.63, 3.8) is 0 Å². The van der Waals surface area contributed by atoms with E-state index in [2.05, 4.69) is 0 Å². The second-order valence-electron chi connectivity index (χ2n) is 5.78. The predicted molar refractivity (Wildman–Crippen MR) is 78.2 cm³/mol. The second kappa shape index (κ2) is 6.81. The van der Waals surface area contributed by atoms with Gasteiger partial charge in [0.1, 0.15) is 0 Å². The highest BCUT2D eigenvalue weighted by atomic mass is 32.2. The largest absolute Gasteiger partial charge is 0.330 e. The summed E-state index contributed by atoms with van der Waals surface area (Å²) >= 11 is 0. The maximum absolute atomic E-state index is 13.3. The topological polar surface area (TPSA) is 63.4 Å². The van der Waals surface area contributed by atoms with Gasteiger partial charge in [0.15, 0.2) is 11.6 Å². The standard InChI is InChI=1S/C14H22F2N2O2S/c1-4-7-18(10-14(2,3)9-17)21(19,20)11-5-6-12(15)13(16)8-11/h5-6,8H,4,7,9-10,17H2,1-3H3. The highest BCUT2D eigenvalue weighted by Crippen LogP contribution is 2.23. The lowest BCUT2D eigenvalue weighted by molar-refractivity contribution is 0.266. The monoisotopic (exact) mass is 320 g/mol. The van der Waals surface area contributed by atoms with Crippen LogP contribution in [0.1, 0.15) is 27.2 Å². The zero-order chi connectivity index (χ0) is 16.3. The van der Waals surface area contributed by atoms with Crippen LogP contribution >= 0.6 is 0 Å². The van der Waals surface area contributed by atoms with Gasteiger partial charge in [0, 0.05) is 13.1 Å². The van der Waals surface area contributed by atoms with Gasteiger partial charge in [0.2, 0.25) is 10.0 Å². The van der Waals surface area contributed by atoms with E-state index in [9.17, 15) is 17.2 Å². The summed E-state index contributed by atoms with van der Waals surface area (Å²) in [5, 5.41) is 0. The van der Waals surface area contributed by atoms with E-state index in [4.69, 9.17) is 5.73 Å². The number of benzene rings is 1. The van der Waals surface area contributed by atoms with Crippen molar-refractivity contribution in [2.45, 2.75) is 32.1 Å². The molecule has 0 aliphatic heterocycles. The first-order valence-corrected chi connectivity index (χ1v) is 8.23. The molecule has 0 unspecified atom stereocenters. The van der Waals surface area contributed by atoms with Crippen molar-refractivity contribution in [2.75, 3.05) is 19.6 Å². The lowest BCUT2D eigenvalue weighted by Gasteiger charge is -2.31. The second-order valence-corrected chi connectivity index (χ2v) is 7.72. The molecule has 7 heteroatoms. The van der Waals surface area contributed by atoms with E-state index in [0.717, 1.165) is 12.1 Å². The summed E-state index contributed by atoms with van der Waals surface area (Å²) in [6.45, 7) is 6.40. The number of halogens is 2. The molecular formula is C14H22F2N2O2S. The molecule has 21 heavy (non-hydrogen) atoms. The van der Waals surface area contributed by atoms with Gasteiger partial charge in [0.05, 0.1) is 4.90 Å². The van der Waals surface area contributed by atoms with Crippen LogP contribution in [0.3, 0.4) is 0 Å². The number of hydrogen-bond acceptors (Lipinski definition) is 3. The summed E-state index contributed by atoms with van der Waals surface area (Å²) in [5.41, 5.74) is 5.24. The average molecular weight is 320 g/mol. The molecule has 0 aliphatic carbocycles. The van der Waals surface area contributed by atoms with Gasteiger partial charge >= 0.3 is 0 Å². The molecule has 0 bridgehead atoms. The summed E-state index contributed by atoms with van der Waals surface area (Å²) in [7, 11) is -3.87. The molecule has 1 rings (SSSR count). The van der Waals surface area contributed by atoms with E-state index in [1.165, 1.54) is 4.31 Å². The number of sulfonamides is 1. The Morgan fingerprint density at radius 3 is 2.33 bits per heavy atom. The molecule has 0 fully saturated rings. The molecule has 0 amide bonds. The highest BCUT2D eigenvalue weighted by molar-refractivity contribution is 7.89. The normalized spacial score (nSPS) is 12.9. The van der Waals surface area contributed by atoms with Gasteiger partial charge in [0.25, 0.3) is 0 Å². The third-order valence-corrected chi connectivity index (χ3v) is 5.00. The molecule has 0 saturated heterocycles. The minimum atomic E-state index is -3.87. The third-order valence-electron chi connectivity index (χ3n) is 3.16. The van der Waals surface area contributed by atoms with E-state index in [-0.39, 0.29) is 11.4 Å². The van der Waals surface area contributed by atoms with Crippen LogP contribution in [0.5, 0.6) is 0 Å². The van der Waals surface area contributed by atoms with Gasteiger partial charge < -0.3 is 5.73 Å². The van der Waals surface area contributed by atoms with Crippen molar-refractivity contribution >= 4 is 10.0 Å². The maximum Gasteiger partial charge on any atom is 0.243 e. The van der Waals surface area contributed by atoms with Crippen LogP contribution in [0.2, 0.25) is 0 Å². The highest BCUT2D eigenvalue weighted by Gasteiger charge is 2.30. The zero-order valence-electron chi connectivity index (χ0n) is 12.6. The Hall–Kier alpha value is -1.05. The van der Waals surface area contributed by atoms with Crippen molar-refractivity contribution in [1.82, 2.24) is 4.31 Å². The number of rotatable bonds is 7. The molecule has 1 aromatic carbocycles. The molecule has 0 aliphatic rings. The minimum Gasteiger partial charge on any atom is -0.330 e. The van der Waals surface area contributed by atoms with E-state index in [1.807, 2.05) is 20.8 Å². The molecule has 2 N–H and O–H groups in total. The molecule has 0 spiro atoms. The summed E-state index contributed by atoms with van der Waals surface area (Å²) < 4.78 is 52.7. The lowest BCUT2D eigenvalue weighted by atomic mass is 9.94. The Labute approximate surface area is 125 Å². The van der Waals surface area contributed by atoms with Crippen LogP contribution in [-0.4, -0.2) is 32.4 Å². The zero-order valence-corrected chi connectivity index (χ0v) is 13.4. The van der Waals surface area contributed by atoms with Crippen LogP contribution in [0.15, 0.2) is 23.1 Å². The van der Waals surface area contributed by atoms with Crippen molar-refractivity contribution in [1.29, 1.82) is 0 Å². The molecule has 0 saturated carbocycles. The first kappa shape index (κ1) is 18.0. The fourth-order valence-corrected chi connectivity index (χ4v) is 3.59. The molecular weight excluding hydrogens is 298 g/mol. The predicted octanol–water partition coefficient (Wildman–Crippen LogP) is 2.35. The van der Waals surface area contributed by atoms with Gasteiger partial charge in [-0.15, -0.1) is 0 Å². The van der Waals surface area contributed by atoms with E-state index >= 15 is 0 Å². The lowest BCUT2D eigenvalue weighted by Crippen LogP contribution is -2.42. The smallest absolute Gasteiger partial charge is 0.243 e. The van der Waals surface area contributed by atoms with Crippen LogP contribution in [0.25, 0.3) is 0 Å². The Kier molecular flexibility index (Phi) is 5.83. The summed E-state index contributed by atoms with van der Waals surface area (Å²) in [5.74, 6) is -2.25. The minimum absolute atomic E-state index is 0.221. The third kappa shape index (κ3) is 4.46. The van der Waals surface area contributed by atoms with Gasteiger partial charge in [-0.2, -0.15) is 4.31 Å². The Morgan fingerprint density at radius 2 is 1.86 bits per heavy atom. The van der Waals surface area contributed by atoms with E-state index < -0.39 is 27.1 Å². The van der Waals surface area contributed by atoms with E-state index in [1.54, 1.807) is 0 Å². The van der Waals surface area contributed by atoms with Crippen molar-refractivity contribution < 1.29 is 17.2 Å². The molecule has 120 valence electrons. The summed E-state index contributed by atoms with van der Waals surface area (Å²) in [6.07, 6.45) is 0.615. The van der Waals surface area contributed by atoms with Gasteiger partial charge in [-0.3, -0.25) is 0 Å². The van der Waals surface area contributed by atoms with Gasteiger partial charge in [-0.1, -0.05) is 20.8 Å². The average Bonchev–Trinajstić information content (AvgIpc) is 2.41. The number of nitrogens with two attached hydrogens (primary N) is 1. The molecule has 1 aromatic rings. The van der Waals surface area contributed by atoms with Crippen LogP contribution in [-0.2, 0) is 10.0 Å². The molecule has 0 radical (unpaired) electrons. The number of hydrogen-bond donors (Lipinski definition) is 1. The molecule has 0 aromatic heterocycles. The SMILES string of the molecule is CCCN(CC(C)(C)CN)S(=O)(=O)c1ccc(F)c(F)c1. The van der Waals surface area contributed by atoms with Gasteiger partial charge in [-0.05, 0) is 36.6 Å².